The predicted molar refractivity (Wildman–Crippen MR) is 81.2 cm³/mol. The Morgan fingerprint density at radius 2 is 2.25 bits per heavy atom. The van der Waals surface area contributed by atoms with Gasteiger partial charge in [-0.2, -0.15) is 0 Å². The van der Waals surface area contributed by atoms with Crippen molar-refractivity contribution < 1.29 is 4.74 Å². The quantitative estimate of drug-likeness (QED) is 0.844. The van der Waals surface area contributed by atoms with Gasteiger partial charge in [0.15, 0.2) is 5.82 Å². The fraction of sp³-hybridized carbons (Fsp3) is 0.714. The molecule has 2 heterocycles. The lowest BCUT2D eigenvalue weighted by Gasteiger charge is -2.28. The Hall–Kier alpha value is -1.40. The highest BCUT2D eigenvalue weighted by Crippen LogP contribution is 2.26. The van der Waals surface area contributed by atoms with Gasteiger partial charge in [-0.1, -0.05) is 0 Å². The molecule has 1 aromatic heterocycles. The van der Waals surface area contributed by atoms with Gasteiger partial charge in [-0.05, 0) is 26.9 Å². The van der Waals surface area contributed by atoms with Crippen LogP contribution in [0.15, 0.2) is 6.07 Å². The third-order valence-electron chi connectivity index (χ3n) is 3.54. The van der Waals surface area contributed by atoms with Gasteiger partial charge in [-0.25, -0.2) is 9.97 Å². The first kappa shape index (κ1) is 15.0. The van der Waals surface area contributed by atoms with Crippen LogP contribution in [0.1, 0.15) is 18.7 Å². The van der Waals surface area contributed by atoms with Crippen LogP contribution in [0.25, 0.3) is 0 Å². The molecule has 1 N–H and O–H groups in total. The minimum atomic E-state index is 0.439. The number of nitrogens with one attached hydrogen (secondary N) is 1. The SMILES string of the molecule is CNc1cc(N2CCCC2CN(C)C)nc(COC)n1. The van der Waals surface area contributed by atoms with Crippen LogP contribution in [0, 0.1) is 0 Å². The Bertz CT molecular complexity index is 438. The van der Waals surface area contributed by atoms with Crippen molar-refractivity contribution in [2.24, 2.45) is 0 Å². The van der Waals surface area contributed by atoms with Crippen LogP contribution in [0.5, 0.6) is 0 Å². The summed E-state index contributed by atoms with van der Waals surface area (Å²) in [4.78, 5) is 13.7. The Morgan fingerprint density at radius 3 is 2.90 bits per heavy atom. The van der Waals surface area contributed by atoms with E-state index in [4.69, 9.17) is 4.74 Å². The summed E-state index contributed by atoms with van der Waals surface area (Å²) in [6, 6.07) is 2.55. The molecule has 1 aromatic rings. The van der Waals surface area contributed by atoms with Gasteiger partial charge in [0, 0.05) is 39.4 Å². The molecule has 0 saturated carbocycles. The minimum absolute atomic E-state index is 0.439. The van der Waals surface area contributed by atoms with Crippen LogP contribution in [0.3, 0.4) is 0 Å². The van der Waals surface area contributed by atoms with E-state index in [0.29, 0.717) is 12.6 Å². The minimum Gasteiger partial charge on any atom is -0.377 e. The van der Waals surface area contributed by atoms with E-state index >= 15 is 0 Å². The highest BCUT2D eigenvalue weighted by Gasteiger charge is 2.26. The lowest BCUT2D eigenvalue weighted by molar-refractivity contribution is 0.178. The zero-order valence-corrected chi connectivity index (χ0v) is 12.9. The highest BCUT2D eigenvalue weighted by molar-refractivity contribution is 5.50. The maximum absolute atomic E-state index is 5.16. The predicted octanol–water partition coefficient (Wildman–Crippen LogP) is 1.20. The van der Waals surface area contributed by atoms with Crippen LogP contribution in [0.2, 0.25) is 0 Å². The van der Waals surface area contributed by atoms with E-state index < -0.39 is 0 Å². The van der Waals surface area contributed by atoms with E-state index in [1.807, 2.05) is 13.1 Å². The number of likely N-dealkylation sites (N-methyl/N-ethyl adjacent to an activating group) is 1. The van der Waals surface area contributed by atoms with E-state index in [-0.39, 0.29) is 0 Å². The zero-order valence-electron chi connectivity index (χ0n) is 12.9. The van der Waals surface area contributed by atoms with Gasteiger partial charge in [-0.3, -0.25) is 0 Å². The Balaban J connectivity index is 2.23. The first-order valence-corrected chi connectivity index (χ1v) is 7.10. The summed E-state index contributed by atoms with van der Waals surface area (Å²) in [5.74, 6) is 2.57. The largest absolute Gasteiger partial charge is 0.377 e. The molecule has 0 aliphatic carbocycles. The molecular weight excluding hydrogens is 254 g/mol. The molecule has 1 fully saturated rings. The Morgan fingerprint density at radius 1 is 1.45 bits per heavy atom. The van der Waals surface area contributed by atoms with Crippen molar-refractivity contribution in [1.29, 1.82) is 0 Å². The van der Waals surface area contributed by atoms with Crippen molar-refractivity contribution in [2.75, 3.05) is 51.6 Å². The average Bonchev–Trinajstić information content (AvgIpc) is 2.86. The van der Waals surface area contributed by atoms with E-state index in [2.05, 4.69) is 39.2 Å². The first-order chi connectivity index (χ1) is 9.63. The highest BCUT2D eigenvalue weighted by atomic mass is 16.5. The van der Waals surface area contributed by atoms with Crippen molar-refractivity contribution in [3.8, 4) is 0 Å². The summed E-state index contributed by atoms with van der Waals surface area (Å²) >= 11 is 0. The second-order valence-electron chi connectivity index (χ2n) is 5.46. The average molecular weight is 279 g/mol. The molecular formula is C14H25N5O. The number of nitrogens with zero attached hydrogens (tertiary/aromatic N) is 4. The van der Waals surface area contributed by atoms with E-state index in [9.17, 15) is 0 Å². The van der Waals surface area contributed by atoms with Crippen LogP contribution in [0.4, 0.5) is 11.6 Å². The molecule has 1 aliphatic rings. The molecule has 1 atom stereocenters. The monoisotopic (exact) mass is 279 g/mol. The third-order valence-corrected chi connectivity index (χ3v) is 3.54. The number of aromatic nitrogens is 2. The van der Waals surface area contributed by atoms with Crippen molar-refractivity contribution in [1.82, 2.24) is 14.9 Å². The number of hydrogen-bond donors (Lipinski definition) is 1. The summed E-state index contributed by atoms with van der Waals surface area (Å²) in [6.45, 7) is 2.55. The lowest BCUT2D eigenvalue weighted by Crippen LogP contribution is -2.38. The topological polar surface area (TPSA) is 53.5 Å². The lowest BCUT2D eigenvalue weighted by atomic mass is 10.2. The van der Waals surface area contributed by atoms with Crippen molar-refractivity contribution in [3.63, 3.8) is 0 Å². The zero-order chi connectivity index (χ0) is 14.5. The number of anilines is 2. The van der Waals surface area contributed by atoms with Gasteiger partial charge in [0.05, 0.1) is 0 Å². The molecule has 20 heavy (non-hydrogen) atoms. The Kier molecular flexibility index (Phi) is 5.14. The Labute approximate surface area is 121 Å². The molecule has 2 rings (SSSR count). The van der Waals surface area contributed by atoms with Gasteiger partial charge in [-0.15, -0.1) is 0 Å². The standard InChI is InChI=1S/C14H25N5O/c1-15-12-8-14(17-13(16-12)10-20-4)19-7-5-6-11(19)9-18(2)3/h8,11H,5-7,9-10H2,1-4H3,(H,15,16,17). The van der Waals surface area contributed by atoms with Gasteiger partial charge >= 0.3 is 0 Å². The van der Waals surface area contributed by atoms with Crippen molar-refractivity contribution in [2.45, 2.75) is 25.5 Å². The number of methoxy groups -OCH3 is 1. The molecule has 0 radical (unpaired) electrons. The molecule has 6 nitrogen and oxygen atoms in total. The van der Waals surface area contributed by atoms with Crippen molar-refractivity contribution in [3.05, 3.63) is 11.9 Å². The molecule has 0 aromatic carbocycles. The van der Waals surface area contributed by atoms with Crippen molar-refractivity contribution >= 4 is 11.6 Å². The molecule has 1 unspecified atom stereocenters. The van der Waals surface area contributed by atoms with Gasteiger partial charge < -0.3 is 19.9 Å². The molecule has 1 saturated heterocycles. The number of hydrogen-bond acceptors (Lipinski definition) is 6. The normalized spacial score (nSPS) is 18.9. The van der Waals surface area contributed by atoms with Crippen LogP contribution in [-0.4, -0.2) is 62.3 Å². The molecule has 112 valence electrons. The molecule has 0 bridgehead atoms. The number of rotatable bonds is 6. The molecule has 6 heteroatoms. The van der Waals surface area contributed by atoms with Crippen LogP contribution in [-0.2, 0) is 11.3 Å². The van der Waals surface area contributed by atoms with Gasteiger partial charge in [0.1, 0.15) is 18.2 Å². The van der Waals surface area contributed by atoms with Gasteiger partial charge in [0.25, 0.3) is 0 Å². The maximum Gasteiger partial charge on any atom is 0.158 e. The fourth-order valence-corrected chi connectivity index (χ4v) is 2.70. The smallest absolute Gasteiger partial charge is 0.158 e. The third kappa shape index (κ3) is 3.58. The fourth-order valence-electron chi connectivity index (χ4n) is 2.70. The van der Waals surface area contributed by atoms with Crippen LogP contribution >= 0.6 is 0 Å². The second-order valence-corrected chi connectivity index (χ2v) is 5.46. The maximum atomic E-state index is 5.16. The van der Waals surface area contributed by atoms with Crippen LogP contribution < -0.4 is 10.2 Å². The summed E-state index contributed by atoms with van der Waals surface area (Å²) in [6.07, 6.45) is 2.44. The van der Waals surface area contributed by atoms with E-state index in [1.165, 1.54) is 12.8 Å². The summed E-state index contributed by atoms with van der Waals surface area (Å²) in [7, 11) is 7.78. The molecule has 1 aliphatic heterocycles. The summed E-state index contributed by atoms with van der Waals surface area (Å²) in [5.41, 5.74) is 0. The first-order valence-electron chi connectivity index (χ1n) is 7.10. The molecule has 0 spiro atoms. The second kappa shape index (κ2) is 6.85. The van der Waals surface area contributed by atoms with Gasteiger partial charge in [0.2, 0.25) is 0 Å². The summed E-state index contributed by atoms with van der Waals surface area (Å²) < 4.78 is 5.16. The summed E-state index contributed by atoms with van der Waals surface area (Å²) in [5, 5.41) is 3.10. The number of ether oxygens (including phenoxy) is 1. The van der Waals surface area contributed by atoms with E-state index in [1.54, 1.807) is 7.11 Å². The molecule has 0 amide bonds. The van der Waals surface area contributed by atoms with E-state index in [0.717, 1.165) is 30.5 Å².